The van der Waals surface area contributed by atoms with Crippen molar-refractivity contribution < 1.29 is 14.2 Å². The van der Waals surface area contributed by atoms with Crippen molar-refractivity contribution >= 4 is 15.9 Å². The lowest BCUT2D eigenvalue weighted by atomic mass is 10.2. The SMILES string of the molecule is COc1ccc(COc2nc(OC3CC3)ncc2Br)cc1. The van der Waals surface area contributed by atoms with Gasteiger partial charge in [0, 0.05) is 0 Å². The Hall–Kier alpha value is -1.82. The third-order valence-corrected chi connectivity index (χ3v) is 3.56. The third-order valence-electron chi connectivity index (χ3n) is 3.02. The second kappa shape index (κ2) is 6.30. The Kier molecular flexibility index (Phi) is 4.24. The summed E-state index contributed by atoms with van der Waals surface area (Å²) in [5.74, 6) is 1.30. The van der Waals surface area contributed by atoms with E-state index in [0.29, 0.717) is 23.0 Å². The van der Waals surface area contributed by atoms with Crippen molar-refractivity contribution in [2.24, 2.45) is 0 Å². The highest BCUT2D eigenvalue weighted by atomic mass is 79.9. The molecule has 0 spiro atoms. The Morgan fingerprint density at radius 3 is 2.67 bits per heavy atom. The molecule has 5 nitrogen and oxygen atoms in total. The van der Waals surface area contributed by atoms with Crippen LogP contribution in [0.15, 0.2) is 34.9 Å². The van der Waals surface area contributed by atoms with Crippen LogP contribution in [0.3, 0.4) is 0 Å². The van der Waals surface area contributed by atoms with Gasteiger partial charge in [-0.05, 0) is 46.5 Å². The zero-order chi connectivity index (χ0) is 14.7. The largest absolute Gasteiger partial charge is 0.497 e. The first kappa shape index (κ1) is 14.1. The van der Waals surface area contributed by atoms with Crippen LogP contribution in [0.25, 0.3) is 0 Å². The van der Waals surface area contributed by atoms with Crippen molar-refractivity contribution in [3.05, 3.63) is 40.5 Å². The standard InChI is InChI=1S/C15H15BrN2O3/c1-19-11-4-2-10(3-5-11)9-20-14-13(16)8-17-15(18-14)21-12-6-7-12/h2-5,8,12H,6-7,9H2,1H3. The average Bonchev–Trinajstić information content (AvgIpc) is 3.32. The van der Waals surface area contributed by atoms with E-state index in [9.17, 15) is 0 Å². The van der Waals surface area contributed by atoms with Gasteiger partial charge in [0.25, 0.3) is 0 Å². The lowest BCUT2D eigenvalue weighted by Gasteiger charge is -2.09. The summed E-state index contributed by atoms with van der Waals surface area (Å²) in [6.07, 6.45) is 4.05. The molecule has 21 heavy (non-hydrogen) atoms. The van der Waals surface area contributed by atoms with E-state index in [1.807, 2.05) is 24.3 Å². The third kappa shape index (κ3) is 3.85. The maximum atomic E-state index is 5.72. The molecule has 0 radical (unpaired) electrons. The molecule has 0 unspecified atom stereocenters. The van der Waals surface area contributed by atoms with E-state index in [4.69, 9.17) is 14.2 Å². The summed E-state index contributed by atoms with van der Waals surface area (Å²) >= 11 is 3.38. The summed E-state index contributed by atoms with van der Waals surface area (Å²) in [6, 6.07) is 8.07. The highest BCUT2D eigenvalue weighted by Crippen LogP contribution is 2.28. The second-order valence-corrected chi connectivity index (χ2v) is 5.61. The Labute approximate surface area is 131 Å². The minimum absolute atomic E-state index is 0.264. The van der Waals surface area contributed by atoms with E-state index in [-0.39, 0.29) is 6.10 Å². The van der Waals surface area contributed by atoms with Crippen molar-refractivity contribution in [3.8, 4) is 17.6 Å². The zero-order valence-corrected chi connectivity index (χ0v) is 13.2. The van der Waals surface area contributed by atoms with Crippen LogP contribution in [-0.2, 0) is 6.61 Å². The number of nitrogens with zero attached hydrogens (tertiary/aromatic N) is 2. The fraction of sp³-hybridized carbons (Fsp3) is 0.333. The molecule has 6 heteroatoms. The molecule has 1 aromatic heterocycles. The van der Waals surface area contributed by atoms with E-state index >= 15 is 0 Å². The normalized spacial score (nSPS) is 13.8. The van der Waals surface area contributed by atoms with Gasteiger partial charge in [-0.25, -0.2) is 4.98 Å². The molecule has 0 bridgehead atoms. The van der Waals surface area contributed by atoms with Gasteiger partial charge in [-0.1, -0.05) is 12.1 Å². The van der Waals surface area contributed by atoms with Gasteiger partial charge in [-0.2, -0.15) is 4.98 Å². The topological polar surface area (TPSA) is 53.5 Å². The minimum atomic E-state index is 0.264. The van der Waals surface area contributed by atoms with Crippen LogP contribution in [-0.4, -0.2) is 23.2 Å². The number of hydrogen-bond acceptors (Lipinski definition) is 5. The maximum Gasteiger partial charge on any atom is 0.320 e. The van der Waals surface area contributed by atoms with Crippen LogP contribution in [0.2, 0.25) is 0 Å². The molecule has 1 aromatic carbocycles. The van der Waals surface area contributed by atoms with Crippen LogP contribution < -0.4 is 14.2 Å². The van der Waals surface area contributed by atoms with E-state index < -0.39 is 0 Å². The quantitative estimate of drug-likeness (QED) is 0.799. The molecule has 1 aliphatic carbocycles. The summed E-state index contributed by atoms with van der Waals surface area (Å²) in [5, 5.41) is 0. The van der Waals surface area contributed by atoms with Crippen LogP contribution in [0.4, 0.5) is 0 Å². The molecule has 1 fully saturated rings. The molecule has 110 valence electrons. The van der Waals surface area contributed by atoms with Gasteiger partial charge in [0.1, 0.15) is 18.5 Å². The number of methoxy groups -OCH3 is 1. The molecule has 0 atom stereocenters. The van der Waals surface area contributed by atoms with E-state index in [2.05, 4.69) is 25.9 Å². The van der Waals surface area contributed by atoms with Crippen molar-refractivity contribution in [3.63, 3.8) is 0 Å². The summed E-state index contributed by atoms with van der Waals surface area (Å²) in [7, 11) is 1.64. The molecule has 0 aliphatic heterocycles. The summed E-state index contributed by atoms with van der Waals surface area (Å²) in [4.78, 5) is 8.39. The van der Waals surface area contributed by atoms with Gasteiger partial charge in [-0.3, -0.25) is 0 Å². The zero-order valence-electron chi connectivity index (χ0n) is 11.6. The lowest BCUT2D eigenvalue weighted by Crippen LogP contribution is -2.04. The molecule has 1 aliphatic rings. The van der Waals surface area contributed by atoms with Crippen molar-refractivity contribution in [2.45, 2.75) is 25.6 Å². The highest BCUT2D eigenvalue weighted by molar-refractivity contribution is 9.10. The highest BCUT2D eigenvalue weighted by Gasteiger charge is 2.25. The molecule has 1 saturated carbocycles. The molecular weight excluding hydrogens is 336 g/mol. The fourth-order valence-electron chi connectivity index (χ4n) is 1.70. The predicted molar refractivity (Wildman–Crippen MR) is 80.7 cm³/mol. The first-order valence-electron chi connectivity index (χ1n) is 6.69. The van der Waals surface area contributed by atoms with Crippen LogP contribution in [0.5, 0.6) is 17.6 Å². The first-order valence-corrected chi connectivity index (χ1v) is 7.49. The van der Waals surface area contributed by atoms with E-state index in [1.54, 1.807) is 13.3 Å². The van der Waals surface area contributed by atoms with Gasteiger partial charge in [0.05, 0.1) is 17.8 Å². The van der Waals surface area contributed by atoms with Gasteiger partial charge < -0.3 is 14.2 Å². The van der Waals surface area contributed by atoms with Gasteiger partial charge in [0.15, 0.2) is 0 Å². The molecule has 0 amide bonds. The van der Waals surface area contributed by atoms with Crippen molar-refractivity contribution in [1.82, 2.24) is 9.97 Å². The van der Waals surface area contributed by atoms with Gasteiger partial charge in [0.2, 0.25) is 5.88 Å². The molecule has 3 rings (SSSR count). The Bertz CT molecular complexity index is 615. The van der Waals surface area contributed by atoms with Gasteiger partial charge >= 0.3 is 6.01 Å². The number of halogens is 1. The van der Waals surface area contributed by atoms with Crippen molar-refractivity contribution in [1.29, 1.82) is 0 Å². The first-order chi connectivity index (χ1) is 10.2. The monoisotopic (exact) mass is 350 g/mol. The van der Waals surface area contributed by atoms with Crippen LogP contribution >= 0.6 is 15.9 Å². The Morgan fingerprint density at radius 1 is 1.24 bits per heavy atom. The molecule has 0 N–H and O–H groups in total. The molecule has 1 heterocycles. The Balaban J connectivity index is 1.65. The Morgan fingerprint density at radius 2 is 2.00 bits per heavy atom. The van der Waals surface area contributed by atoms with Crippen LogP contribution in [0, 0.1) is 0 Å². The molecule has 2 aromatic rings. The fourth-order valence-corrected chi connectivity index (χ4v) is 2.01. The number of benzene rings is 1. The minimum Gasteiger partial charge on any atom is -0.497 e. The summed E-state index contributed by atoms with van der Waals surface area (Å²) in [5.41, 5.74) is 1.03. The number of rotatable bonds is 6. The smallest absolute Gasteiger partial charge is 0.320 e. The van der Waals surface area contributed by atoms with Crippen LogP contribution in [0.1, 0.15) is 18.4 Å². The lowest BCUT2D eigenvalue weighted by molar-refractivity contribution is 0.255. The summed E-state index contributed by atoms with van der Waals surface area (Å²) < 4.78 is 17.1. The van der Waals surface area contributed by atoms with E-state index in [1.165, 1.54) is 0 Å². The van der Waals surface area contributed by atoms with Crippen molar-refractivity contribution in [2.75, 3.05) is 7.11 Å². The second-order valence-electron chi connectivity index (χ2n) is 4.76. The number of hydrogen-bond donors (Lipinski definition) is 0. The average molecular weight is 351 g/mol. The van der Waals surface area contributed by atoms with Gasteiger partial charge in [-0.15, -0.1) is 0 Å². The predicted octanol–water partition coefficient (Wildman–Crippen LogP) is 3.37. The molecule has 0 saturated heterocycles. The molecular formula is C15H15BrN2O3. The number of aromatic nitrogens is 2. The summed E-state index contributed by atoms with van der Waals surface area (Å²) in [6.45, 7) is 0.419. The maximum absolute atomic E-state index is 5.72. The number of ether oxygens (including phenoxy) is 3. The van der Waals surface area contributed by atoms with E-state index in [0.717, 1.165) is 24.2 Å².